The molecule has 0 aromatic heterocycles. The smallest absolute Gasteiger partial charge is 0.0767 e. The fourth-order valence-electron chi connectivity index (χ4n) is 1.21. The molecule has 0 aliphatic rings. The van der Waals surface area contributed by atoms with E-state index in [1.807, 2.05) is 19.9 Å². The minimum absolute atomic E-state index is 0.418. The SMILES string of the molecule is CC(C)(O)C(C)(C)NCc1cc(Cl)ccc1Cl. The Morgan fingerprint density at radius 1 is 1.18 bits per heavy atom. The summed E-state index contributed by atoms with van der Waals surface area (Å²) < 4.78 is 0. The molecule has 1 aromatic rings. The quantitative estimate of drug-likeness (QED) is 0.880. The Morgan fingerprint density at radius 3 is 2.29 bits per heavy atom. The number of hydrogen-bond donors (Lipinski definition) is 2. The van der Waals surface area contributed by atoms with Crippen molar-refractivity contribution >= 4 is 23.2 Å². The number of benzene rings is 1. The average molecular weight is 276 g/mol. The van der Waals surface area contributed by atoms with Crippen molar-refractivity contribution in [2.75, 3.05) is 0 Å². The molecule has 0 aliphatic heterocycles. The molecule has 0 saturated heterocycles. The number of nitrogens with one attached hydrogen (secondary N) is 1. The van der Waals surface area contributed by atoms with Crippen LogP contribution in [0, 0.1) is 0 Å². The monoisotopic (exact) mass is 275 g/mol. The van der Waals surface area contributed by atoms with Gasteiger partial charge in [-0.15, -0.1) is 0 Å². The van der Waals surface area contributed by atoms with E-state index in [2.05, 4.69) is 5.32 Å². The Labute approximate surface area is 113 Å². The molecule has 0 bridgehead atoms. The lowest BCUT2D eigenvalue weighted by Gasteiger charge is -2.38. The van der Waals surface area contributed by atoms with Crippen molar-refractivity contribution in [3.8, 4) is 0 Å². The molecule has 0 unspecified atom stereocenters. The Morgan fingerprint density at radius 2 is 1.76 bits per heavy atom. The van der Waals surface area contributed by atoms with E-state index in [9.17, 15) is 5.11 Å². The highest BCUT2D eigenvalue weighted by molar-refractivity contribution is 6.33. The first-order valence-corrected chi connectivity index (χ1v) is 6.30. The molecule has 2 N–H and O–H groups in total. The topological polar surface area (TPSA) is 32.3 Å². The lowest BCUT2D eigenvalue weighted by Crippen LogP contribution is -2.55. The molecular formula is C13H19Cl2NO. The van der Waals surface area contributed by atoms with Crippen LogP contribution < -0.4 is 5.32 Å². The molecule has 0 spiro atoms. The molecule has 4 heteroatoms. The van der Waals surface area contributed by atoms with Crippen LogP contribution in [-0.2, 0) is 6.54 Å². The van der Waals surface area contributed by atoms with Crippen LogP contribution in [0.5, 0.6) is 0 Å². The Bertz CT molecular complexity index is 397. The third kappa shape index (κ3) is 3.85. The van der Waals surface area contributed by atoms with Crippen molar-refractivity contribution in [2.24, 2.45) is 0 Å². The van der Waals surface area contributed by atoms with Crippen LogP contribution in [-0.4, -0.2) is 16.2 Å². The maximum Gasteiger partial charge on any atom is 0.0767 e. The lowest BCUT2D eigenvalue weighted by molar-refractivity contribution is -0.00531. The fourth-order valence-corrected chi connectivity index (χ4v) is 1.59. The molecule has 0 atom stereocenters. The Balaban J connectivity index is 2.77. The van der Waals surface area contributed by atoms with Crippen molar-refractivity contribution in [1.82, 2.24) is 5.32 Å². The van der Waals surface area contributed by atoms with E-state index in [4.69, 9.17) is 23.2 Å². The Hall–Kier alpha value is -0.280. The summed E-state index contributed by atoms with van der Waals surface area (Å²) in [5, 5.41) is 14.6. The van der Waals surface area contributed by atoms with E-state index < -0.39 is 11.1 Å². The molecule has 17 heavy (non-hydrogen) atoms. The molecule has 96 valence electrons. The lowest BCUT2D eigenvalue weighted by atomic mass is 9.86. The summed E-state index contributed by atoms with van der Waals surface area (Å²) in [4.78, 5) is 0. The summed E-state index contributed by atoms with van der Waals surface area (Å²) in [6, 6.07) is 5.36. The van der Waals surface area contributed by atoms with Crippen molar-refractivity contribution in [3.63, 3.8) is 0 Å². The van der Waals surface area contributed by atoms with Crippen molar-refractivity contribution in [1.29, 1.82) is 0 Å². The molecule has 1 rings (SSSR count). The van der Waals surface area contributed by atoms with Gasteiger partial charge in [0.2, 0.25) is 0 Å². The van der Waals surface area contributed by atoms with E-state index in [1.54, 1.807) is 26.0 Å². The zero-order valence-corrected chi connectivity index (χ0v) is 12.2. The first kappa shape index (κ1) is 14.8. The summed E-state index contributed by atoms with van der Waals surface area (Å²) in [6.07, 6.45) is 0. The molecule has 0 fully saturated rings. The Kier molecular flexibility index (Phi) is 4.48. The van der Waals surface area contributed by atoms with Crippen molar-refractivity contribution in [3.05, 3.63) is 33.8 Å². The number of rotatable bonds is 4. The van der Waals surface area contributed by atoms with Crippen LogP contribution in [0.25, 0.3) is 0 Å². The molecule has 0 amide bonds. The van der Waals surface area contributed by atoms with Crippen molar-refractivity contribution < 1.29 is 5.11 Å². The van der Waals surface area contributed by atoms with Crippen LogP contribution in [0.3, 0.4) is 0 Å². The van der Waals surface area contributed by atoms with Gasteiger partial charge in [0.25, 0.3) is 0 Å². The van der Waals surface area contributed by atoms with Gasteiger partial charge < -0.3 is 10.4 Å². The largest absolute Gasteiger partial charge is 0.389 e. The van der Waals surface area contributed by atoms with Gasteiger partial charge in [-0.05, 0) is 51.5 Å². The minimum atomic E-state index is -0.821. The van der Waals surface area contributed by atoms with Gasteiger partial charge in [0.15, 0.2) is 0 Å². The normalized spacial score (nSPS) is 12.9. The highest BCUT2D eigenvalue weighted by Gasteiger charge is 2.34. The van der Waals surface area contributed by atoms with Gasteiger partial charge in [0, 0.05) is 22.1 Å². The molecular weight excluding hydrogens is 257 g/mol. The van der Waals surface area contributed by atoms with Gasteiger partial charge in [0.1, 0.15) is 0 Å². The fraction of sp³-hybridized carbons (Fsp3) is 0.538. The predicted octanol–water partition coefficient (Wildman–Crippen LogP) is 3.63. The summed E-state index contributed by atoms with van der Waals surface area (Å²) in [6.45, 7) is 8.02. The summed E-state index contributed by atoms with van der Waals surface area (Å²) in [5.41, 5.74) is -0.312. The molecule has 0 radical (unpaired) electrons. The number of aliphatic hydroxyl groups is 1. The summed E-state index contributed by atoms with van der Waals surface area (Å²) in [5.74, 6) is 0. The van der Waals surface area contributed by atoms with Crippen molar-refractivity contribution in [2.45, 2.75) is 45.4 Å². The first-order valence-electron chi connectivity index (χ1n) is 5.55. The van der Waals surface area contributed by atoms with E-state index in [-0.39, 0.29) is 0 Å². The van der Waals surface area contributed by atoms with Crippen LogP contribution in [0.1, 0.15) is 33.3 Å². The highest BCUT2D eigenvalue weighted by atomic mass is 35.5. The van der Waals surface area contributed by atoms with E-state index in [1.165, 1.54) is 0 Å². The van der Waals surface area contributed by atoms with Gasteiger partial charge in [0.05, 0.1) is 5.60 Å². The van der Waals surface area contributed by atoms with Crippen LogP contribution >= 0.6 is 23.2 Å². The van der Waals surface area contributed by atoms with Gasteiger partial charge in [-0.25, -0.2) is 0 Å². The maximum atomic E-state index is 10.0. The molecule has 0 heterocycles. The third-order valence-corrected chi connectivity index (χ3v) is 3.86. The molecule has 0 saturated carbocycles. The van der Waals surface area contributed by atoms with Crippen LogP contribution in [0.2, 0.25) is 10.0 Å². The highest BCUT2D eigenvalue weighted by Crippen LogP contribution is 2.24. The minimum Gasteiger partial charge on any atom is -0.389 e. The van der Waals surface area contributed by atoms with Crippen LogP contribution in [0.15, 0.2) is 18.2 Å². The van der Waals surface area contributed by atoms with Gasteiger partial charge in [-0.2, -0.15) is 0 Å². The van der Waals surface area contributed by atoms with Gasteiger partial charge in [-0.3, -0.25) is 0 Å². The van der Waals surface area contributed by atoms with E-state index in [0.717, 1.165) is 5.56 Å². The standard InChI is InChI=1S/C13H19Cl2NO/c1-12(2,13(3,4)17)16-8-9-7-10(14)5-6-11(9)15/h5-7,16-17H,8H2,1-4H3. The molecule has 2 nitrogen and oxygen atoms in total. The average Bonchev–Trinajstić information content (AvgIpc) is 2.18. The predicted molar refractivity (Wildman–Crippen MR) is 73.7 cm³/mol. The second-order valence-electron chi connectivity index (χ2n) is 5.27. The summed E-state index contributed by atoms with van der Waals surface area (Å²) >= 11 is 12.0. The molecule has 1 aromatic carbocycles. The molecule has 0 aliphatic carbocycles. The first-order chi connectivity index (χ1) is 7.63. The van der Waals surface area contributed by atoms with E-state index >= 15 is 0 Å². The second kappa shape index (κ2) is 5.15. The third-order valence-electron chi connectivity index (χ3n) is 3.26. The number of halogens is 2. The second-order valence-corrected chi connectivity index (χ2v) is 6.12. The van der Waals surface area contributed by atoms with E-state index in [0.29, 0.717) is 16.6 Å². The van der Waals surface area contributed by atoms with Gasteiger partial charge in [-0.1, -0.05) is 23.2 Å². The zero-order chi connectivity index (χ0) is 13.3. The van der Waals surface area contributed by atoms with Crippen LogP contribution in [0.4, 0.5) is 0 Å². The zero-order valence-electron chi connectivity index (χ0n) is 10.6. The summed E-state index contributed by atoms with van der Waals surface area (Å²) in [7, 11) is 0. The number of hydrogen-bond acceptors (Lipinski definition) is 2. The van der Waals surface area contributed by atoms with Gasteiger partial charge >= 0.3 is 0 Å². The maximum absolute atomic E-state index is 10.0.